The van der Waals surface area contributed by atoms with Gasteiger partial charge < -0.3 is 20.6 Å². The van der Waals surface area contributed by atoms with Crippen molar-refractivity contribution in [3.8, 4) is 0 Å². The highest BCUT2D eigenvalue weighted by Gasteiger charge is 2.18. The average molecular weight is 571 g/mol. The Morgan fingerprint density at radius 1 is 0.795 bits per heavy atom. The molecule has 0 bridgehead atoms. The van der Waals surface area contributed by atoms with E-state index < -0.39 is 21.7 Å². The SMILES string of the molecule is O=C(CSc1nc2ccc([N+](=O)[O-])cc2[nH]1)Nc1nonc1NC(=O)CSc1nc2ccc([N+](=O)[O-])cc2[nH]1. The zero-order valence-corrected chi connectivity index (χ0v) is 20.9. The molecule has 0 fully saturated rings. The molecule has 0 aliphatic rings. The second kappa shape index (κ2) is 10.8. The van der Waals surface area contributed by atoms with Crippen LogP contribution in [0.4, 0.5) is 23.0 Å². The van der Waals surface area contributed by atoms with Crippen molar-refractivity contribution in [3.05, 3.63) is 56.6 Å². The molecule has 39 heavy (non-hydrogen) atoms. The van der Waals surface area contributed by atoms with Crippen LogP contribution in [-0.2, 0) is 9.59 Å². The van der Waals surface area contributed by atoms with Gasteiger partial charge in [0.05, 0.1) is 43.4 Å². The number of imidazole rings is 2. The van der Waals surface area contributed by atoms with Crippen LogP contribution in [0.25, 0.3) is 22.1 Å². The number of hydrogen-bond acceptors (Lipinski definition) is 13. The Kier molecular flexibility index (Phi) is 7.06. The molecule has 0 saturated carbocycles. The minimum atomic E-state index is -0.518. The van der Waals surface area contributed by atoms with Crippen LogP contribution in [0.5, 0.6) is 0 Å². The van der Waals surface area contributed by atoms with Crippen molar-refractivity contribution in [1.82, 2.24) is 30.2 Å². The van der Waals surface area contributed by atoms with Gasteiger partial charge in [0.1, 0.15) is 0 Å². The first-order chi connectivity index (χ1) is 18.7. The molecule has 17 nitrogen and oxygen atoms in total. The Balaban J connectivity index is 1.13. The van der Waals surface area contributed by atoms with Gasteiger partial charge in [0.2, 0.25) is 23.5 Å². The predicted octanol–water partition coefficient (Wildman–Crippen LogP) is 3.10. The van der Waals surface area contributed by atoms with Gasteiger partial charge in [0, 0.05) is 24.3 Å². The highest BCUT2D eigenvalue weighted by atomic mass is 32.2. The third-order valence-corrected chi connectivity index (χ3v) is 6.74. The number of aromatic amines is 2. The Labute approximate surface area is 223 Å². The summed E-state index contributed by atoms with van der Waals surface area (Å²) in [7, 11) is 0. The molecule has 5 rings (SSSR count). The van der Waals surface area contributed by atoms with Gasteiger partial charge in [-0.15, -0.1) is 0 Å². The molecule has 5 aromatic rings. The number of anilines is 2. The number of hydrogen-bond donors (Lipinski definition) is 4. The Morgan fingerprint density at radius 3 is 1.64 bits per heavy atom. The Morgan fingerprint density at radius 2 is 1.23 bits per heavy atom. The zero-order chi connectivity index (χ0) is 27.5. The molecule has 0 saturated heterocycles. The average Bonchev–Trinajstić information content (AvgIpc) is 3.63. The lowest BCUT2D eigenvalue weighted by molar-refractivity contribution is -0.384. The molecular formula is C20H14N10O7S2. The monoisotopic (exact) mass is 570 g/mol. The van der Waals surface area contributed by atoms with Gasteiger partial charge in [0.15, 0.2) is 10.3 Å². The third kappa shape index (κ3) is 5.93. The largest absolute Gasteiger partial charge is 0.333 e. The van der Waals surface area contributed by atoms with Crippen molar-refractivity contribution in [1.29, 1.82) is 0 Å². The van der Waals surface area contributed by atoms with Gasteiger partial charge in [-0.05, 0) is 22.4 Å². The summed E-state index contributed by atoms with van der Waals surface area (Å²) in [5.74, 6) is -1.39. The first-order valence-electron chi connectivity index (χ1n) is 10.7. The topological polar surface area (TPSA) is 241 Å². The van der Waals surface area contributed by atoms with E-state index in [4.69, 9.17) is 0 Å². The number of thioether (sulfide) groups is 2. The third-order valence-electron chi connectivity index (χ3n) is 4.99. The number of nitro benzene ring substituents is 2. The molecule has 0 atom stereocenters. The number of nitro groups is 2. The normalized spacial score (nSPS) is 11.1. The molecule has 3 aromatic heterocycles. The quantitative estimate of drug-likeness (QED) is 0.107. The number of benzene rings is 2. The van der Waals surface area contributed by atoms with Gasteiger partial charge in [-0.25, -0.2) is 14.6 Å². The molecular weight excluding hydrogens is 556 g/mol. The lowest BCUT2D eigenvalue weighted by atomic mass is 10.3. The van der Waals surface area contributed by atoms with Gasteiger partial charge in [-0.3, -0.25) is 29.8 Å². The number of carbonyl (C=O) groups excluding carboxylic acids is 2. The molecule has 4 N–H and O–H groups in total. The molecule has 3 heterocycles. The Bertz CT molecular complexity index is 1620. The molecule has 19 heteroatoms. The van der Waals surface area contributed by atoms with Gasteiger partial charge in [0.25, 0.3) is 11.4 Å². The van der Waals surface area contributed by atoms with Crippen LogP contribution < -0.4 is 10.6 Å². The van der Waals surface area contributed by atoms with Crippen LogP contribution in [0.3, 0.4) is 0 Å². The lowest BCUT2D eigenvalue weighted by Crippen LogP contribution is -2.19. The number of fused-ring (bicyclic) bond motifs is 2. The maximum atomic E-state index is 12.4. The van der Waals surface area contributed by atoms with Gasteiger partial charge >= 0.3 is 0 Å². The van der Waals surface area contributed by atoms with E-state index in [1.165, 1.54) is 36.4 Å². The number of amides is 2. The summed E-state index contributed by atoms with van der Waals surface area (Å²) >= 11 is 2.11. The number of H-pyrrole nitrogens is 2. The van der Waals surface area contributed by atoms with Crippen molar-refractivity contribution in [2.75, 3.05) is 22.1 Å². The zero-order valence-electron chi connectivity index (χ0n) is 19.2. The maximum Gasteiger partial charge on any atom is 0.271 e. The van der Waals surface area contributed by atoms with E-state index >= 15 is 0 Å². The number of carbonyl (C=O) groups is 2. The number of nitrogens with one attached hydrogen (secondary N) is 4. The van der Waals surface area contributed by atoms with E-state index in [0.717, 1.165) is 23.5 Å². The molecule has 0 radical (unpaired) electrons. The second-order valence-electron chi connectivity index (χ2n) is 7.64. The summed E-state index contributed by atoms with van der Waals surface area (Å²) in [6.07, 6.45) is 0. The fraction of sp³-hybridized carbons (Fsp3) is 0.100. The van der Waals surface area contributed by atoms with E-state index in [9.17, 15) is 29.8 Å². The first-order valence-corrected chi connectivity index (χ1v) is 12.7. The smallest absolute Gasteiger partial charge is 0.271 e. The standard InChI is InChI=1S/C20H14N10O7S2/c31-15(7-38-19-21-11-3-1-9(29(33)34)5-13(11)23-19)25-17-18(28-37-27-17)26-16(32)8-39-20-22-12-4-2-10(30(35)36)6-14(12)24-20/h1-6H,7-8H2,(H,21,23)(H,22,24)(H,25,27,31)(H,26,28,32). The summed E-state index contributed by atoms with van der Waals surface area (Å²) < 4.78 is 4.62. The van der Waals surface area contributed by atoms with E-state index in [1.54, 1.807) is 0 Å². The molecule has 0 aliphatic carbocycles. The molecule has 2 amide bonds. The van der Waals surface area contributed by atoms with E-state index in [0.29, 0.717) is 32.4 Å². The fourth-order valence-electron chi connectivity index (χ4n) is 3.27. The Hall–Kier alpha value is -5.04. The number of non-ortho nitro benzene ring substituents is 2. The van der Waals surface area contributed by atoms with Crippen molar-refractivity contribution in [3.63, 3.8) is 0 Å². The molecule has 198 valence electrons. The summed E-state index contributed by atoms with van der Waals surface area (Å²) in [6, 6.07) is 8.37. The summed E-state index contributed by atoms with van der Waals surface area (Å²) in [4.78, 5) is 60.0. The van der Waals surface area contributed by atoms with Crippen molar-refractivity contribution >= 4 is 80.4 Å². The molecule has 0 unspecified atom stereocenters. The van der Waals surface area contributed by atoms with Crippen LogP contribution in [0.15, 0.2) is 51.3 Å². The number of aromatic nitrogens is 6. The fourth-order valence-corrected chi connectivity index (χ4v) is 4.64. The van der Waals surface area contributed by atoms with Crippen LogP contribution in [-0.4, -0.2) is 63.4 Å². The van der Waals surface area contributed by atoms with Crippen molar-refractivity contribution in [2.45, 2.75) is 10.3 Å². The molecule has 0 aliphatic heterocycles. The lowest BCUT2D eigenvalue weighted by Gasteiger charge is -2.03. The molecule has 0 spiro atoms. The van der Waals surface area contributed by atoms with Crippen LogP contribution in [0.2, 0.25) is 0 Å². The summed E-state index contributed by atoms with van der Waals surface area (Å²) in [5, 5.41) is 34.7. The van der Waals surface area contributed by atoms with E-state index in [-0.39, 0.29) is 34.5 Å². The maximum absolute atomic E-state index is 12.4. The highest BCUT2D eigenvalue weighted by molar-refractivity contribution is 8.00. The first kappa shape index (κ1) is 25.6. The number of rotatable bonds is 10. The van der Waals surface area contributed by atoms with Gasteiger partial charge in [-0.1, -0.05) is 23.5 Å². The molecule has 2 aromatic carbocycles. The van der Waals surface area contributed by atoms with Crippen molar-refractivity contribution < 1.29 is 24.1 Å². The van der Waals surface area contributed by atoms with E-state index in [1.807, 2.05) is 0 Å². The second-order valence-corrected chi connectivity index (χ2v) is 9.56. The minimum Gasteiger partial charge on any atom is -0.333 e. The van der Waals surface area contributed by atoms with Gasteiger partial charge in [-0.2, -0.15) is 0 Å². The predicted molar refractivity (Wildman–Crippen MR) is 139 cm³/mol. The van der Waals surface area contributed by atoms with Crippen LogP contribution in [0.1, 0.15) is 0 Å². The summed E-state index contributed by atoms with van der Waals surface area (Å²) in [6.45, 7) is 0. The van der Waals surface area contributed by atoms with Crippen LogP contribution in [0, 0.1) is 20.2 Å². The number of nitrogens with zero attached hydrogens (tertiary/aromatic N) is 6. The van der Waals surface area contributed by atoms with Crippen molar-refractivity contribution in [2.24, 2.45) is 0 Å². The van der Waals surface area contributed by atoms with E-state index in [2.05, 4.69) is 45.5 Å². The van der Waals surface area contributed by atoms with Crippen LogP contribution >= 0.6 is 23.5 Å². The highest BCUT2D eigenvalue weighted by Crippen LogP contribution is 2.25. The minimum absolute atomic E-state index is 0.0872. The summed E-state index contributed by atoms with van der Waals surface area (Å²) in [5.41, 5.74) is 1.76.